The van der Waals surface area contributed by atoms with Crippen LogP contribution in [0.2, 0.25) is 5.02 Å². The van der Waals surface area contributed by atoms with Crippen molar-refractivity contribution in [2.45, 2.75) is 12.3 Å². The van der Waals surface area contributed by atoms with Gasteiger partial charge in [0.25, 0.3) is 0 Å². The molecular formula is C18H18ClNO3. The number of rotatable bonds is 5. The van der Waals surface area contributed by atoms with E-state index in [1.807, 2.05) is 24.3 Å². The highest BCUT2D eigenvalue weighted by molar-refractivity contribution is 6.31. The van der Waals surface area contributed by atoms with Crippen molar-refractivity contribution < 1.29 is 14.3 Å². The van der Waals surface area contributed by atoms with Crippen molar-refractivity contribution in [3.05, 3.63) is 53.1 Å². The van der Waals surface area contributed by atoms with Crippen molar-refractivity contribution in [2.75, 3.05) is 19.5 Å². The Balaban J connectivity index is 1.71. The third kappa shape index (κ3) is 3.27. The molecule has 0 aliphatic heterocycles. The second kappa shape index (κ2) is 6.50. The third-order valence-corrected chi connectivity index (χ3v) is 4.44. The molecule has 23 heavy (non-hydrogen) atoms. The number of hydrogen-bond donors (Lipinski definition) is 1. The van der Waals surface area contributed by atoms with E-state index < -0.39 is 0 Å². The number of amides is 1. The van der Waals surface area contributed by atoms with Crippen molar-refractivity contribution in [2.24, 2.45) is 5.92 Å². The molecule has 1 amide bonds. The predicted octanol–water partition coefficient (Wildman–Crippen LogP) is 4.10. The monoisotopic (exact) mass is 331 g/mol. The first kappa shape index (κ1) is 15.7. The SMILES string of the molecule is COc1ccc(NC(=O)[C@H]2C[C@@H]2c2ccccc2Cl)c(OC)c1. The molecule has 1 saturated carbocycles. The molecule has 1 aliphatic rings. The zero-order valence-electron chi connectivity index (χ0n) is 13.0. The van der Waals surface area contributed by atoms with Gasteiger partial charge in [0.15, 0.2) is 0 Å². The molecule has 1 fully saturated rings. The molecule has 1 aliphatic carbocycles. The Morgan fingerprint density at radius 3 is 2.65 bits per heavy atom. The van der Waals surface area contributed by atoms with Gasteiger partial charge in [0.1, 0.15) is 11.5 Å². The normalized spacial score (nSPS) is 19.1. The average Bonchev–Trinajstić information content (AvgIpc) is 3.36. The van der Waals surface area contributed by atoms with Crippen molar-refractivity contribution in [1.82, 2.24) is 0 Å². The standard InChI is InChI=1S/C18H18ClNO3/c1-22-11-7-8-16(17(9-11)23-2)20-18(21)14-10-13(14)12-5-3-4-6-15(12)19/h3-9,13-14H,10H2,1-2H3,(H,20,21)/t13-,14+/m1/s1. The van der Waals surface area contributed by atoms with E-state index in [0.29, 0.717) is 17.2 Å². The Kier molecular flexibility index (Phi) is 4.44. The highest BCUT2D eigenvalue weighted by Gasteiger charge is 2.44. The van der Waals surface area contributed by atoms with Gasteiger partial charge in [0.05, 0.1) is 19.9 Å². The summed E-state index contributed by atoms with van der Waals surface area (Å²) in [7, 11) is 3.15. The second-order valence-corrected chi connectivity index (χ2v) is 5.93. The molecule has 1 N–H and O–H groups in total. The van der Waals surface area contributed by atoms with Gasteiger partial charge in [0.2, 0.25) is 5.91 Å². The number of ether oxygens (including phenoxy) is 2. The Morgan fingerprint density at radius 2 is 1.96 bits per heavy atom. The second-order valence-electron chi connectivity index (χ2n) is 5.53. The van der Waals surface area contributed by atoms with E-state index in [0.717, 1.165) is 17.0 Å². The van der Waals surface area contributed by atoms with Crippen molar-refractivity contribution in [3.63, 3.8) is 0 Å². The molecule has 0 unspecified atom stereocenters. The van der Waals surface area contributed by atoms with E-state index >= 15 is 0 Å². The van der Waals surface area contributed by atoms with Gasteiger partial charge in [-0.05, 0) is 36.1 Å². The maximum Gasteiger partial charge on any atom is 0.228 e. The summed E-state index contributed by atoms with van der Waals surface area (Å²) in [6, 6.07) is 13.0. The molecule has 2 aromatic carbocycles. The summed E-state index contributed by atoms with van der Waals surface area (Å²) in [5.41, 5.74) is 1.68. The summed E-state index contributed by atoms with van der Waals surface area (Å²) < 4.78 is 10.5. The van der Waals surface area contributed by atoms with Gasteiger partial charge < -0.3 is 14.8 Å². The zero-order chi connectivity index (χ0) is 16.4. The van der Waals surface area contributed by atoms with Crippen LogP contribution < -0.4 is 14.8 Å². The van der Waals surface area contributed by atoms with Gasteiger partial charge in [-0.3, -0.25) is 4.79 Å². The molecule has 5 heteroatoms. The lowest BCUT2D eigenvalue weighted by molar-refractivity contribution is -0.117. The number of benzene rings is 2. The molecular weight excluding hydrogens is 314 g/mol. The van der Waals surface area contributed by atoms with Gasteiger partial charge in [-0.15, -0.1) is 0 Å². The molecule has 3 rings (SSSR count). The summed E-state index contributed by atoms with van der Waals surface area (Å²) in [5.74, 6) is 1.38. The number of nitrogens with one attached hydrogen (secondary N) is 1. The molecule has 0 aromatic heterocycles. The Morgan fingerprint density at radius 1 is 1.17 bits per heavy atom. The Hall–Kier alpha value is -2.20. The van der Waals surface area contributed by atoms with Gasteiger partial charge in [-0.25, -0.2) is 0 Å². The number of carbonyl (C=O) groups excluding carboxylic acids is 1. The van der Waals surface area contributed by atoms with Gasteiger partial charge in [0, 0.05) is 17.0 Å². The molecule has 0 heterocycles. The van der Waals surface area contributed by atoms with E-state index in [9.17, 15) is 4.79 Å². The van der Waals surface area contributed by atoms with Gasteiger partial charge >= 0.3 is 0 Å². The Bertz CT molecular complexity index is 732. The van der Waals surface area contributed by atoms with Crippen LogP contribution in [0.3, 0.4) is 0 Å². The lowest BCUT2D eigenvalue weighted by Gasteiger charge is -2.11. The first-order valence-corrected chi connectivity index (χ1v) is 7.79. The summed E-state index contributed by atoms with van der Waals surface area (Å²) >= 11 is 6.20. The highest BCUT2D eigenvalue weighted by Crippen LogP contribution is 2.50. The van der Waals surface area contributed by atoms with Crippen LogP contribution in [0.1, 0.15) is 17.9 Å². The van der Waals surface area contributed by atoms with Gasteiger partial charge in [-0.2, -0.15) is 0 Å². The lowest BCUT2D eigenvalue weighted by Crippen LogP contribution is -2.15. The minimum absolute atomic E-state index is 0.0154. The predicted molar refractivity (Wildman–Crippen MR) is 90.5 cm³/mol. The summed E-state index contributed by atoms with van der Waals surface area (Å²) in [4.78, 5) is 12.5. The van der Waals surface area contributed by atoms with E-state index in [-0.39, 0.29) is 17.7 Å². The van der Waals surface area contributed by atoms with Crippen LogP contribution in [0.4, 0.5) is 5.69 Å². The van der Waals surface area contributed by atoms with Crippen molar-refractivity contribution in [3.8, 4) is 11.5 Å². The number of methoxy groups -OCH3 is 2. The first-order valence-electron chi connectivity index (χ1n) is 7.41. The molecule has 0 bridgehead atoms. The first-order chi connectivity index (χ1) is 11.1. The lowest BCUT2D eigenvalue weighted by atomic mass is 10.1. The molecule has 2 atom stereocenters. The minimum atomic E-state index is -0.0540. The summed E-state index contributed by atoms with van der Waals surface area (Å²) in [6.07, 6.45) is 0.814. The topological polar surface area (TPSA) is 47.6 Å². The van der Waals surface area contributed by atoms with Gasteiger partial charge in [-0.1, -0.05) is 29.8 Å². The quantitative estimate of drug-likeness (QED) is 0.897. The van der Waals surface area contributed by atoms with Crippen molar-refractivity contribution >= 4 is 23.2 Å². The van der Waals surface area contributed by atoms with E-state index in [4.69, 9.17) is 21.1 Å². The average molecular weight is 332 g/mol. The minimum Gasteiger partial charge on any atom is -0.497 e. The fourth-order valence-corrected chi connectivity index (χ4v) is 3.01. The van der Waals surface area contributed by atoms with Crippen LogP contribution in [-0.2, 0) is 4.79 Å². The fourth-order valence-electron chi connectivity index (χ4n) is 2.73. The van der Waals surface area contributed by atoms with E-state index in [1.165, 1.54) is 0 Å². The van der Waals surface area contributed by atoms with Crippen LogP contribution in [0.5, 0.6) is 11.5 Å². The molecule has 4 nitrogen and oxygen atoms in total. The van der Waals surface area contributed by atoms with E-state index in [1.54, 1.807) is 32.4 Å². The largest absolute Gasteiger partial charge is 0.497 e. The van der Waals surface area contributed by atoms with Crippen molar-refractivity contribution in [1.29, 1.82) is 0 Å². The Labute approximate surface area is 140 Å². The van der Waals surface area contributed by atoms with Crippen LogP contribution in [-0.4, -0.2) is 20.1 Å². The zero-order valence-corrected chi connectivity index (χ0v) is 13.8. The van der Waals surface area contributed by atoms with Crippen LogP contribution in [0.25, 0.3) is 0 Å². The van der Waals surface area contributed by atoms with Crippen LogP contribution in [0, 0.1) is 5.92 Å². The third-order valence-electron chi connectivity index (χ3n) is 4.10. The summed E-state index contributed by atoms with van der Waals surface area (Å²) in [6.45, 7) is 0. The van der Waals surface area contributed by atoms with Crippen LogP contribution >= 0.6 is 11.6 Å². The maximum absolute atomic E-state index is 12.5. The summed E-state index contributed by atoms with van der Waals surface area (Å²) in [5, 5.41) is 3.65. The smallest absolute Gasteiger partial charge is 0.228 e. The highest BCUT2D eigenvalue weighted by atomic mass is 35.5. The molecule has 2 aromatic rings. The molecule has 120 valence electrons. The number of hydrogen-bond acceptors (Lipinski definition) is 3. The van der Waals surface area contributed by atoms with Crippen LogP contribution in [0.15, 0.2) is 42.5 Å². The number of anilines is 1. The van der Waals surface area contributed by atoms with E-state index in [2.05, 4.69) is 5.32 Å². The molecule has 0 spiro atoms. The molecule has 0 saturated heterocycles. The fraction of sp³-hybridized carbons (Fsp3) is 0.278. The maximum atomic E-state index is 12.5. The number of carbonyl (C=O) groups is 1. The molecule has 0 radical (unpaired) electrons. The number of halogens is 1.